The van der Waals surface area contributed by atoms with Crippen LogP contribution in [0.1, 0.15) is 31.4 Å². The molecule has 7 heteroatoms. The van der Waals surface area contributed by atoms with E-state index in [9.17, 15) is 4.79 Å². The van der Waals surface area contributed by atoms with Crippen molar-refractivity contribution in [2.45, 2.75) is 36.2 Å². The zero-order valence-corrected chi connectivity index (χ0v) is 16.5. The molecule has 3 aromatic rings. The van der Waals surface area contributed by atoms with Gasteiger partial charge in [0.25, 0.3) is 0 Å². The van der Waals surface area contributed by atoms with Crippen LogP contribution in [0.25, 0.3) is 11.4 Å². The number of hydrogen-bond donors (Lipinski definition) is 2. The Hall–Kier alpha value is -2.80. The van der Waals surface area contributed by atoms with Gasteiger partial charge in [-0.1, -0.05) is 85.8 Å². The minimum Gasteiger partial charge on any atom is -0.355 e. The number of rotatable bonds is 6. The number of unbranched alkanes of at least 4 members (excludes halogenated alkanes) is 1. The largest absolute Gasteiger partial charge is 0.355 e. The molecule has 28 heavy (non-hydrogen) atoms. The molecule has 2 aromatic carbocycles. The highest BCUT2D eigenvalue weighted by Crippen LogP contribution is 2.38. The van der Waals surface area contributed by atoms with Crippen molar-refractivity contribution >= 4 is 17.7 Å². The summed E-state index contributed by atoms with van der Waals surface area (Å²) in [4.78, 5) is 12.9. The number of benzene rings is 2. The third-order valence-corrected chi connectivity index (χ3v) is 5.93. The average molecular weight is 394 g/mol. The van der Waals surface area contributed by atoms with Gasteiger partial charge in [-0.15, -0.1) is 10.2 Å². The second-order valence-electron chi connectivity index (χ2n) is 6.71. The number of thioether (sulfide) groups is 1. The first-order valence-corrected chi connectivity index (χ1v) is 10.4. The number of nitrogens with one attached hydrogen (secondary N) is 2. The Labute approximate surface area is 168 Å². The first-order chi connectivity index (χ1) is 13.8. The van der Waals surface area contributed by atoms with Gasteiger partial charge in [-0.25, -0.2) is 4.68 Å². The van der Waals surface area contributed by atoms with Crippen molar-refractivity contribution in [3.8, 4) is 11.4 Å². The molecule has 1 aliphatic heterocycles. The smallest absolute Gasteiger partial charge is 0.236 e. The summed E-state index contributed by atoms with van der Waals surface area (Å²) in [6.07, 6.45) is 2.02. The number of aromatic nitrogens is 3. The van der Waals surface area contributed by atoms with Gasteiger partial charge in [0.05, 0.1) is 6.04 Å². The molecular formula is C21H23N5OS. The van der Waals surface area contributed by atoms with Gasteiger partial charge in [-0.05, 0) is 12.0 Å². The fraction of sp³-hybridized carbons (Fsp3) is 0.286. The molecule has 0 bridgehead atoms. The van der Waals surface area contributed by atoms with Crippen LogP contribution in [0.4, 0.5) is 0 Å². The van der Waals surface area contributed by atoms with Gasteiger partial charge >= 0.3 is 0 Å². The predicted octanol–water partition coefficient (Wildman–Crippen LogP) is 3.62. The van der Waals surface area contributed by atoms with Gasteiger partial charge in [0.1, 0.15) is 5.25 Å². The molecule has 1 aliphatic rings. The molecule has 0 saturated heterocycles. The molecule has 1 amide bonds. The van der Waals surface area contributed by atoms with Crippen LogP contribution < -0.4 is 10.7 Å². The summed E-state index contributed by atoms with van der Waals surface area (Å²) in [7, 11) is 0. The van der Waals surface area contributed by atoms with Crippen LogP contribution in [0.5, 0.6) is 0 Å². The summed E-state index contributed by atoms with van der Waals surface area (Å²) in [6.45, 7) is 2.80. The Morgan fingerprint density at radius 3 is 2.54 bits per heavy atom. The van der Waals surface area contributed by atoms with E-state index < -0.39 is 0 Å². The second-order valence-corrected chi connectivity index (χ2v) is 7.82. The topological polar surface area (TPSA) is 71.8 Å². The summed E-state index contributed by atoms with van der Waals surface area (Å²) >= 11 is 1.46. The first-order valence-electron chi connectivity index (χ1n) is 9.54. The van der Waals surface area contributed by atoms with Crippen LogP contribution in [0.15, 0.2) is 65.8 Å². The molecule has 0 spiro atoms. The fourth-order valence-corrected chi connectivity index (χ4v) is 4.33. The van der Waals surface area contributed by atoms with Crippen molar-refractivity contribution in [3.63, 3.8) is 0 Å². The maximum absolute atomic E-state index is 12.9. The van der Waals surface area contributed by atoms with Gasteiger partial charge in [0, 0.05) is 12.1 Å². The summed E-state index contributed by atoms with van der Waals surface area (Å²) in [6, 6.07) is 19.8. The summed E-state index contributed by atoms with van der Waals surface area (Å²) < 4.78 is 1.90. The first kappa shape index (κ1) is 18.6. The average Bonchev–Trinajstić information content (AvgIpc) is 3.17. The van der Waals surface area contributed by atoms with E-state index in [0.29, 0.717) is 11.7 Å². The number of nitrogens with zero attached hydrogens (tertiary/aromatic N) is 3. The van der Waals surface area contributed by atoms with Gasteiger partial charge in [0.2, 0.25) is 11.1 Å². The maximum atomic E-state index is 12.9. The highest BCUT2D eigenvalue weighted by atomic mass is 32.2. The number of hydrogen-bond acceptors (Lipinski definition) is 5. The van der Waals surface area contributed by atoms with Crippen LogP contribution in [0.2, 0.25) is 0 Å². The Morgan fingerprint density at radius 2 is 1.82 bits per heavy atom. The zero-order chi connectivity index (χ0) is 19.3. The lowest BCUT2D eigenvalue weighted by molar-refractivity contribution is -0.120. The molecule has 0 saturated carbocycles. The fourth-order valence-electron chi connectivity index (χ4n) is 3.23. The van der Waals surface area contributed by atoms with Gasteiger partial charge in [-0.2, -0.15) is 0 Å². The molecule has 0 unspecified atom stereocenters. The molecule has 144 valence electrons. The molecular weight excluding hydrogens is 370 g/mol. The molecule has 0 radical (unpaired) electrons. The molecule has 2 N–H and O–H groups in total. The van der Waals surface area contributed by atoms with Crippen molar-refractivity contribution in [1.82, 2.24) is 20.2 Å². The predicted molar refractivity (Wildman–Crippen MR) is 112 cm³/mol. The van der Waals surface area contributed by atoms with E-state index in [-0.39, 0.29) is 17.2 Å². The molecule has 4 rings (SSSR count). The SMILES string of the molecule is CCCCNC(=O)[C@H]1Sc2nnc(-c3ccccc3)n2N[C@@H]1c1ccccc1. The monoisotopic (exact) mass is 393 g/mol. The van der Waals surface area contributed by atoms with Gasteiger partial charge in [0.15, 0.2) is 5.82 Å². The van der Waals surface area contributed by atoms with Crippen molar-refractivity contribution in [1.29, 1.82) is 0 Å². The van der Waals surface area contributed by atoms with E-state index >= 15 is 0 Å². The number of carbonyl (C=O) groups excluding carboxylic acids is 1. The van der Waals surface area contributed by atoms with Crippen LogP contribution in [0.3, 0.4) is 0 Å². The lowest BCUT2D eigenvalue weighted by atomic mass is 10.0. The Balaban J connectivity index is 1.67. The number of amides is 1. The van der Waals surface area contributed by atoms with Crippen LogP contribution in [-0.2, 0) is 4.79 Å². The summed E-state index contributed by atoms with van der Waals surface area (Å²) in [5.41, 5.74) is 5.53. The third-order valence-electron chi connectivity index (χ3n) is 4.72. The summed E-state index contributed by atoms with van der Waals surface area (Å²) in [5, 5.41) is 12.1. The van der Waals surface area contributed by atoms with E-state index in [2.05, 4.69) is 27.9 Å². The molecule has 0 aliphatic carbocycles. The highest BCUT2D eigenvalue weighted by molar-refractivity contribution is 8.00. The standard InChI is InChI=1S/C21H23N5OS/c1-2-3-14-22-20(27)18-17(15-10-6-4-7-11-15)25-26-19(23-24-21(26)28-18)16-12-8-5-9-13-16/h4-13,17-18,25H,2-3,14H2,1H3,(H,22,27)/t17-,18+/m1/s1. The van der Waals surface area contributed by atoms with Crippen LogP contribution in [-0.4, -0.2) is 32.6 Å². The zero-order valence-electron chi connectivity index (χ0n) is 15.7. The third kappa shape index (κ3) is 3.75. The van der Waals surface area contributed by atoms with Crippen LogP contribution in [0, 0.1) is 0 Å². The van der Waals surface area contributed by atoms with E-state index in [1.807, 2.05) is 65.3 Å². The van der Waals surface area contributed by atoms with E-state index in [1.165, 1.54) is 11.8 Å². The summed E-state index contributed by atoms with van der Waals surface area (Å²) in [5.74, 6) is 0.768. The minimum absolute atomic E-state index is 0.0234. The van der Waals surface area contributed by atoms with Gasteiger partial charge in [-0.3, -0.25) is 4.79 Å². The molecule has 2 heterocycles. The van der Waals surface area contributed by atoms with Crippen molar-refractivity contribution < 1.29 is 4.79 Å². The molecule has 0 fully saturated rings. The molecule has 2 atom stereocenters. The molecule has 1 aromatic heterocycles. The second kappa shape index (κ2) is 8.48. The number of fused-ring (bicyclic) bond motifs is 1. The Kier molecular flexibility index (Phi) is 5.62. The Morgan fingerprint density at radius 1 is 1.11 bits per heavy atom. The molecule has 6 nitrogen and oxygen atoms in total. The maximum Gasteiger partial charge on any atom is 0.236 e. The van der Waals surface area contributed by atoms with Crippen molar-refractivity contribution in [2.75, 3.05) is 12.0 Å². The lowest BCUT2D eigenvalue weighted by Gasteiger charge is -2.33. The number of carbonyl (C=O) groups is 1. The van der Waals surface area contributed by atoms with Crippen LogP contribution >= 0.6 is 11.8 Å². The Bertz CT molecular complexity index is 928. The van der Waals surface area contributed by atoms with Crippen molar-refractivity contribution in [3.05, 3.63) is 66.2 Å². The minimum atomic E-state index is -0.320. The van der Waals surface area contributed by atoms with E-state index in [0.717, 1.165) is 29.8 Å². The van der Waals surface area contributed by atoms with E-state index in [1.54, 1.807) is 0 Å². The lowest BCUT2D eigenvalue weighted by Crippen LogP contribution is -2.44. The van der Waals surface area contributed by atoms with E-state index in [4.69, 9.17) is 0 Å². The quantitative estimate of drug-likeness (QED) is 0.626. The normalized spacial score (nSPS) is 18.2. The highest BCUT2D eigenvalue weighted by Gasteiger charge is 2.37. The van der Waals surface area contributed by atoms with Gasteiger partial charge < -0.3 is 10.7 Å². The van der Waals surface area contributed by atoms with Crippen molar-refractivity contribution in [2.24, 2.45) is 0 Å².